The first-order valence-electron chi connectivity index (χ1n) is 6.29. The molecule has 2 atom stereocenters. The maximum atomic E-state index is 9.60. The van der Waals surface area contributed by atoms with Crippen molar-refractivity contribution in [2.45, 2.75) is 51.4 Å². The van der Waals surface area contributed by atoms with Gasteiger partial charge in [0.25, 0.3) is 0 Å². The Hall–Kier alpha value is -0.160. The first-order valence-corrected chi connectivity index (χ1v) is 6.29. The van der Waals surface area contributed by atoms with Crippen molar-refractivity contribution in [2.24, 2.45) is 0 Å². The third-order valence-corrected chi connectivity index (χ3v) is 2.65. The molecule has 1 saturated heterocycles. The van der Waals surface area contributed by atoms with Crippen LogP contribution in [0.5, 0.6) is 0 Å². The molecule has 4 nitrogen and oxygen atoms in total. The Labute approximate surface area is 98.3 Å². The SMILES string of the molecule is CC(C)NCC(O)COCC1CCCCO1. The molecular weight excluding hydrogens is 206 g/mol. The van der Waals surface area contributed by atoms with Gasteiger partial charge in [-0.2, -0.15) is 0 Å². The lowest BCUT2D eigenvalue weighted by Crippen LogP contribution is -2.35. The zero-order valence-corrected chi connectivity index (χ0v) is 10.4. The van der Waals surface area contributed by atoms with Crippen LogP contribution in [0.4, 0.5) is 0 Å². The van der Waals surface area contributed by atoms with Gasteiger partial charge in [0.05, 0.1) is 25.4 Å². The van der Waals surface area contributed by atoms with Gasteiger partial charge in [-0.15, -0.1) is 0 Å². The lowest BCUT2D eigenvalue weighted by molar-refractivity contribution is -0.0567. The van der Waals surface area contributed by atoms with E-state index in [0.717, 1.165) is 19.4 Å². The van der Waals surface area contributed by atoms with Crippen molar-refractivity contribution in [3.8, 4) is 0 Å². The van der Waals surface area contributed by atoms with Crippen LogP contribution in [0, 0.1) is 0 Å². The summed E-state index contributed by atoms with van der Waals surface area (Å²) in [5, 5.41) is 12.8. The number of nitrogens with one attached hydrogen (secondary N) is 1. The normalized spacial score (nSPS) is 23.6. The van der Waals surface area contributed by atoms with Gasteiger partial charge in [-0.05, 0) is 19.3 Å². The lowest BCUT2D eigenvalue weighted by Gasteiger charge is -2.23. The van der Waals surface area contributed by atoms with E-state index in [-0.39, 0.29) is 6.10 Å². The van der Waals surface area contributed by atoms with Crippen molar-refractivity contribution < 1.29 is 14.6 Å². The first kappa shape index (κ1) is 13.9. The number of rotatable bonds is 7. The van der Waals surface area contributed by atoms with Crippen LogP contribution >= 0.6 is 0 Å². The molecule has 96 valence electrons. The van der Waals surface area contributed by atoms with Crippen molar-refractivity contribution in [2.75, 3.05) is 26.4 Å². The van der Waals surface area contributed by atoms with E-state index >= 15 is 0 Å². The van der Waals surface area contributed by atoms with Crippen LogP contribution in [0.15, 0.2) is 0 Å². The topological polar surface area (TPSA) is 50.7 Å². The number of aliphatic hydroxyl groups is 1. The fourth-order valence-electron chi connectivity index (χ4n) is 1.71. The molecule has 0 bridgehead atoms. The summed E-state index contributed by atoms with van der Waals surface area (Å²) in [5.41, 5.74) is 0. The molecule has 1 aliphatic rings. The summed E-state index contributed by atoms with van der Waals surface area (Å²) in [6, 6.07) is 0.399. The van der Waals surface area contributed by atoms with Crippen LogP contribution in [0.25, 0.3) is 0 Å². The summed E-state index contributed by atoms with van der Waals surface area (Å²) in [4.78, 5) is 0. The molecule has 0 aromatic rings. The summed E-state index contributed by atoms with van der Waals surface area (Å²) in [6.07, 6.45) is 3.29. The molecule has 2 N–H and O–H groups in total. The number of ether oxygens (including phenoxy) is 2. The van der Waals surface area contributed by atoms with Crippen LogP contribution < -0.4 is 5.32 Å². The Morgan fingerprint density at radius 3 is 2.88 bits per heavy atom. The van der Waals surface area contributed by atoms with Gasteiger partial charge in [-0.1, -0.05) is 13.8 Å². The molecule has 1 heterocycles. The van der Waals surface area contributed by atoms with Gasteiger partial charge in [-0.3, -0.25) is 0 Å². The molecule has 0 aromatic carbocycles. The molecule has 0 saturated carbocycles. The third-order valence-electron chi connectivity index (χ3n) is 2.65. The Kier molecular flexibility index (Phi) is 6.96. The molecule has 1 rings (SSSR count). The number of aliphatic hydroxyl groups excluding tert-OH is 1. The van der Waals surface area contributed by atoms with Gasteiger partial charge in [-0.25, -0.2) is 0 Å². The van der Waals surface area contributed by atoms with E-state index in [1.165, 1.54) is 6.42 Å². The van der Waals surface area contributed by atoms with Crippen molar-refractivity contribution in [3.63, 3.8) is 0 Å². The summed E-state index contributed by atoms with van der Waals surface area (Å²) >= 11 is 0. The van der Waals surface area contributed by atoms with Crippen LogP contribution in [0.2, 0.25) is 0 Å². The van der Waals surface area contributed by atoms with Crippen LogP contribution in [0.1, 0.15) is 33.1 Å². The maximum Gasteiger partial charge on any atom is 0.0897 e. The van der Waals surface area contributed by atoms with E-state index in [9.17, 15) is 5.11 Å². The van der Waals surface area contributed by atoms with Gasteiger partial charge in [0, 0.05) is 19.2 Å². The van der Waals surface area contributed by atoms with E-state index in [0.29, 0.717) is 25.8 Å². The van der Waals surface area contributed by atoms with Crippen molar-refractivity contribution in [1.82, 2.24) is 5.32 Å². The van der Waals surface area contributed by atoms with Crippen molar-refractivity contribution in [1.29, 1.82) is 0 Å². The second kappa shape index (κ2) is 8.01. The standard InChI is InChI=1S/C12H25NO3/c1-10(2)13-7-11(14)8-15-9-12-5-3-4-6-16-12/h10-14H,3-9H2,1-2H3. The lowest BCUT2D eigenvalue weighted by atomic mass is 10.1. The average molecular weight is 231 g/mol. The minimum Gasteiger partial charge on any atom is -0.389 e. The molecule has 2 unspecified atom stereocenters. The summed E-state index contributed by atoms with van der Waals surface area (Å²) in [5.74, 6) is 0. The van der Waals surface area contributed by atoms with E-state index < -0.39 is 6.10 Å². The highest BCUT2D eigenvalue weighted by Gasteiger charge is 2.14. The van der Waals surface area contributed by atoms with Crippen LogP contribution in [-0.4, -0.2) is 49.7 Å². The highest BCUT2D eigenvalue weighted by Crippen LogP contribution is 2.12. The summed E-state index contributed by atoms with van der Waals surface area (Å²) < 4.78 is 11.0. The van der Waals surface area contributed by atoms with Gasteiger partial charge in [0.1, 0.15) is 0 Å². The van der Waals surface area contributed by atoms with Crippen LogP contribution in [-0.2, 0) is 9.47 Å². The monoisotopic (exact) mass is 231 g/mol. The predicted octanol–water partition coefficient (Wildman–Crippen LogP) is 0.931. The summed E-state index contributed by atoms with van der Waals surface area (Å²) in [6.45, 7) is 6.56. The van der Waals surface area contributed by atoms with Gasteiger partial charge >= 0.3 is 0 Å². The molecule has 0 aromatic heterocycles. The molecular formula is C12H25NO3. The quantitative estimate of drug-likeness (QED) is 0.684. The molecule has 1 fully saturated rings. The highest BCUT2D eigenvalue weighted by atomic mass is 16.5. The largest absolute Gasteiger partial charge is 0.389 e. The molecule has 0 spiro atoms. The maximum absolute atomic E-state index is 9.60. The third kappa shape index (κ3) is 6.43. The molecule has 4 heteroatoms. The summed E-state index contributed by atoms with van der Waals surface area (Å²) in [7, 11) is 0. The molecule has 0 radical (unpaired) electrons. The van der Waals surface area contributed by atoms with E-state index in [1.807, 2.05) is 0 Å². The number of hydrogen-bond acceptors (Lipinski definition) is 4. The average Bonchev–Trinajstić information content (AvgIpc) is 2.28. The second-order valence-electron chi connectivity index (χ2n) is 4.74. The van der Waals surface area contributed by atoms with Gasteiger partial charge in [0.2, 0.25) is 0 Å². The Bertz CT molecular complexity index is 170. The van der Waals surface area contributed by atoms with Gasteiger partial charge in [0.15, 0.2) is 0 Å². The first-order chi connectivity index (χ1) is 7.68. The minimum absolute atomic E-state index is 0.235. The zero-order valence-electron chi connectivity index (χ0n) is 10.4. The van der Waals surface area contributed by atoms with Crippen LogP contribution in [0.3, 0.4) is 0 Å². The van der Waals surface area contributed by atoms with Crippen molar-refractivity contribution in [3.05, 3.63) is 0 Å². The second-order valence-corrected chi connectivity index (χ2v) is 4.74. The zero-order chi connectivity index (χ0) is 11.8. The molecule has 0 amide bonds. The predicted molar refractivity (Wildman–Crippen MR) is 63.6 cm³/mol. The Morgan fingerprint density at radius 2 is 2.25 bits per heavy atom. The van der Waals surface area contributed by atoms with E-state index in [2.05, 4.69) is 19.2 Å². The molecule has 16 heavy (non-hydrogen) atoms. The van der Waals surface area contributed by atoms with E-state index in [4.69, 9.17) is 9.47 Å². The van der Waals surface area contributed by atoms with E-state index in [1.54, 1.807) is 0 Å². The fourth-order valence-corrected chi connectivity index (χ4v) is 1.71. The fraction of sp³-hybridized carbons (Fsp3) is 1.00. The molecule has 1 aliphatic heterocycles. The Morgan fingerprint density at radius 1 is 1.44 bits per heavy atom. The Balaban J connectivity index is 1.96. The molecule has 0 aliphatic carbocycles. The highest BCUT2D eigenvalue weighted by molar-refractivity contribution is 4.64. The number of hydrogen-bond donors (Lipinski definition) is 2. The van der Waals surface area contributed by atoms with Crippen molar-refractivity contribution >= 4 is 0 Å². The minimum atomic E-state index is -0.425. The smallest absolute Gasteiger partial charge is 0.0897 e. The van der Waals surface area contributed by atoms with Gasteiger partial charge < -0.3 is 19.9 Å².